The molecule has 16 heavy (non-hydrogen) atoms. The van der Waals surface area contributed by atoms with Crippen molar-refractivity contribution in [2.45, 2.75) is 0 Å². The van der Waals surface area contributed by atoms with Crippen molar-refractivity contribution in [3.05, 3.63) is 58.9 Å². The van der Waals surface area contributed by atoms with Gasteiger partial charge in [-0.05, 0) is 23.8 Å². The summed E-state index contributed by atoms with van der Waals surface area (Å²) in [4.78, 5) is 0. The number of hydrogen-bond acceptors (Lipinski definition) is 1. The van der Waals surface area contributed by atoms with Gasteiger partial charge in [0.15, 0.2) is 0 Å². The molecule has 2 aromatic rings. The number of benzene rings is 2. The van der Waals surface area contributed by atoms with Gasteiger partial charge in [-0.3, -0.25) is 0 Å². The van der Waals surface area contributed by atoms with E-state index in [1.165, 1.54) is 12.1 Å². The number of nitrogens with zero attached hydrogens (tertiary/aromatic N) is 1. The number of rotatable bonds is 1. The normalized spacial score (nSPS) is 9.81. The van der Waals surface area contributed by atoms with Crippen LogP contribution in [0.2, 0.25) is 5.02 Å². The van der Waals surface area contributed by atoms with Gasteiger partial charge < -0.3 is 0 Å². The highest BCUT2D eigenvalue weighted by Gasteiger charge is 2.07. The first-order chi connectivity index (χ1) is 7.72. The zero-order valence-corrected chi connectivity index (χ0v) is 9.00. The molecule has 78 valence electrons. The molecule has 0 saturated heterocycles. The molecule has 0 amide bonds. The van der Waals surface area contributed by atoms with Crippen molar-refractivity contribution in [2.75, 3.05) is 0 Å². The van der Waals surface area contributed by atoms with Gasteiger partial charge in [0.1, 0.15) is 11.9 Å². The largest absolute Gasteiger partial charge is 0.207 e. The summed E-state index contributed by atoms with van der Waals surface area (Å²) in [7, 11) is 0. The Bertz CT molecular complexity index is 555. The van der Waals surface area contributed by atoms with Crippen LogP contribution in [-0.2, 0) is 0 Å². The Morgan fingerprint density at radius 3 is 2.38 bits per heavy atom. The van der Waals surface area contributed by atoms with E-state index in [1.807, 2.05) is 6.07 Å². The lowest BCUT2D eigenvalue weighted by molar-refractivity contribution is 0.628. The standard InChI is InChI=1S/C13H7ClFN/c14-13-10(8-16)2-1-3-12(13)9-4-6-11(15)7-5-9/h1-7H. The van der Waals surface area contributed by atoms with Gasteiger partial charge in [0.25, 0.3) is 0 Å². The van der Waals surface area contributed by atoms with Crippen LogP contribution >= 0.6 is 11.6 Å². The van der Waals surface area contributed by atoms with Crippen LogP contribution in [0.15, 0.2) is 42.5 Å². The van der Waals surface area contributed by atoms with Crippen LogP contribution < -0.4 is 0 Å². The Morgan fingerprint density at radius 2 is 1.75 bits per heavy atom. The molecule has 0 saturated carbocycles. The minimum absolute atomic E-state index is 0.295. The topological polar surface area (TPSA) is 23.8 Å². The summed E-state index contributed by atoms with van der Waals surface area (Å²) in [5, 5.41) is 9.24. The second-order valence-corrected chi connectivity index (χ2v) is 3.66. The van der Waals surface area contributed by atoms with Gasteiger partial charge >= 0.3 is 0 Å². The molecule has 1 nitrogen and oxygen atoms in total. The van der Waals surface area contributed by atoms with Crippen molar-refractivity contribution in [1.82, 2.24) is 0 Å². The summed E-state index contributed by atoms with van der Waals surface area (Å²) in [5.41, 5.74) is 1.95. The van der Waals surface area contributed by atoms with Gasteiger partial charge in [-0.2, -0.15) is 5.26 Å². The molecule has 0 spiro atoms. The summed E-state index contributed by atoms with van der Waals surface area (Å²) in [6.45, 7) is 0. The molecule has 0 aliphatic rings. The Kier molecular flexibility index (Phi) is 2.89. The maximum Gasteiger partial charge on any atom is 0.123 e. The van der Waals surface area contributed by atoms with E-state index in [0.717, 1.165) is 11.1 Å². The number of halogens is 2. The van der Waals surface area contributed by atoms with Crippen LogP contribution in [0.3, 0.4) is 0 Å². The van der Waals surface area contributed by atoms with Gasteiger partial charge in [-0.1, -0.05) is 35.9 Å². The van der Waals surface area contributed by atoms with Crippen LogP contribution in [0.25, 0.3) is 11.1 Å². The van der Waals surface area contributed by atoms with Crippen molar-refractivity contribution in [3.63, 3.8) is 0 Å². The second-order valence-electron chi connectivity index (χ2n) is 3.29. The smallest absolute Gasteiger partial charge is 0.123 e. The van der Waals surface area contributed by atoms with Crippen LogP contribution in [0, 0.1) is 17.1 Å². The second kappa shape index (κ2) is 4.34. The van der Waals surface area contributed by atoms with Crippen LogP contribution in [0.5, 0.6) is 0 Å². The third-order valence-corrected chi connectivity index (χ3v) is 2.68. The highest BCUT2D eigenvalue weighted by Crippen LogP contribution is 2.30. The molecule has 2 aromatic carbocycles. The predicted octanol–water partition coefficient (Wildman–Crippen LogP) is 4.02. The lowest BCUT2D eigenvalue weighted by atomic mass is 10.0. The Morgan fingerprint density at radius 1 is 1.06 bits per heavy atom. The molecule has 0 unspecified atom stereocenters. The molecule has 0 N–H and O–H groups in total. The average Bonchev–Trinajstić information content (AvgIpc) is 2.31. The van der Waals surface area contributed by atoms with Gasteiger partial charge in [0, 0.05) is 5.56 Å². The fourth-order valence-corrected chi connectivity index (χ4v) is 1.75. The molecule has 2 rings (SSSR count). The van der Waals surface area contributed by atoms with Crippen molar-refractivity contribution < 1.29 is 4.39 Å². The van der Waals surface area contributed by atoms with E-state index in [1.54, 1.807) is 30.3 Å². The van der Waals surface area contributed by atoms with Crippen LogP contribution in [0.1, 0.15) is 5.56 Å². The highest BCUT2D eigenvalue weighted by molar-refractivity contribution is 6.34. The molecular weight excluding hydrogens is 225 g/mol. The van der Waals surface area contributed by atoms with E-state index in [-0.39, 0.29) is 5.82 Å². The van der Waals surface area contributed by atoms with Crippen molar-refractivity contribution >= 4 is 11.6 Å². The van der Waals surface area contributed by atoms with E-state index < -0.39 is 0 Å². The summed E-state index contributed by atoms with van der Waals surface area (Å²) >= 11 is 6.07. The molecule has 0 aromatic heterocycles. The first kappa shape index (κ1) is 10.7. The van der Waals surface area contributed by atoms with Crippen LogP contribution in [0.4, 0.5) is 4.39 Å². The highest BCUT2D eigenvalue weighted by atomic mass is 35.5. The fraction of sp³-hybridized carbons (Fsp3) is 0. The monoisotopic (exact) mass is 231 g/mol. The SMILES string of the molecule is N#Cc1cccc(-c2ccc(F)cc2)c1Cl. The minimum Gasteiger partial charge on any atom is -0.207 e. The maximum atomic E-state index is 12.8. The quantitative estimate of drug-likeness (QED) is 0.727. The summed E-state index contributed by atoms with van der Waals surface area (Å²) in [5.74, 6) is -0.295. The van der Waals surface area contributed by atoms with E-state index in [4.69, 9.17) is 16.9 Å². The third kappa shape index (κ3) is 1.91. The molecule has 0 aliphatic carbocycles. The van der Waals surface area contributed by atoms with E-state index in [0.29, 0.717) is 10.6 Å². The Balaban J connectivity index is 2.57. The first-order valence-corrected chi connectivity index (χ1v) is 5.04. The molecule has 0 heterocycles. The van der Waals surface area contributed by atoms with E-state index in [9.17, 15) is 4.39 Å². The summed E-state index contributed by atoms with van der Waals surface area (Å²) in [6.07, 6.45) is 0. The zero-order chi connectivity index (χ0) is 11.5. The number of hydrogen-bond donors (Lipinski definition) is 0. The van der Waals surface area contributed by atoms with Crippen molar-refractivity contribution in [1.29, 1.82) is 5.26 Å². The number of nitriles is 1. The molecular formula is C13H7ClFN. The van der Waals surface area contributed by atoms with Crippen molar-refractivity contribution in [2.24, 2.45) is 0 Å². The summed E-state index contributed by atoms with van der Waals surface area (Å²) in [6, 6.07) is 13.2. The average molecular weight is 232 g/mol. The van der Waals surface area contributed by atoms with Gasteiger partial charge in [0.2, 0.25) is 0 Å². The maximum absolute atomic E-state index is 12.8. The molecule has 0 bridgehead atoms. The fourth-order valence-electron chi connectivity index (χ4n) is 1.47. The molecule has 3 heteroatoms. The Labute approximate surface area is 97.7 Å². The molecule has 0 radical (unpaired) electrons. The molecule has 0 atom stereocenters. The lowest BCUT2D eigenvalue weighted by Gasteiger charge is -2.05. The molecule has 0 fully saturated rings. The molecule has 0 aliphatic heterocycles. The van der Waals surface area contributed by atoms with E-state index in [2.05, 4.69) is 0 Å². The van der Waals surface area contributed by atoms with Gasteiger partial charge in [-0.25, -0.2) is 4.39 Å². The van der Waals surface area contributed by atoms with Gasteiger partial charge in [-0.15, -0.1) is 0 Å². The van der Waals surface area contributed by atoms with Gasteiger partial charge in [0.05, 0.1) is 10.6 Å². The first-order valence-electron chi connectivity index (χ1n) is 4.67. The van der Waals surface area contributed by atoms with Crippen LogP contribution in [-0.4, -0.2) is 0 Å². The summed E-state index contributed by atoms with van der Waals surface area (Å²) < 4.78 is 12.8. The minimum atomic E-state index is -0.295. The van der Waals surface area contributed by atoms with Crippen molar-refractivity contribution in [3.8, 4) is 17.2 Å². The Hall–Kier alpha value is -1.85. The zero-order valence-electron chi connectivity index (χ0n) is 8.24. The van der Waals surface area contributed by atoms with E-state index >= 15 is 0 Å². The lowest BCUT2D eigenvalue weighted by Crippen LogP contribution is -1.84. The predicted molar refractivity (Wildman–Crippen MR) is 61.6 cm³/mol. The third-order valence-electron chi connectivity index (χ3n) is 2.27.